The second-order valence-corrected chi connectivity index (χ2v) is 17.4. The third-order valence-corrected chi connectivity index (χ3v) is 13.2. The monoisotopic (exact) mass is 734 g/mol. The molecule has 3 atom stereocenters. The van der Waals surface area contributed by atoms with Crippen molar-refractivity contribution in [3.05, 3.63) is 42.1 Å². The van der Waals surface area contributed by atoms with E-state index in [0.29, 0.717) is 55.7 Å². The van der Waals surface area contributed by atoms with Crippen LogP contribution in [0.15, 0.2) is 30.7 Å². The second kappa shape index (κ2) is 14.8. The van der Waals surface area contributed by atoms with Crippen LogP contribution in [0.4, 0.5) is 10.2 Å². The number of fused-ring (bicyclic) bond motifs is 2. The van der Waals surface area contributed by atoms with Crippen LogP contribution in [0.2, 0.25) is 0 Å². The Kier molecular flexibility index (Phi) is 11.0. The van der Waals surface area contributed by atoms with Crippen molar-refractivity contribution in [1.82, 2.24) is 33.7 Å². The predicted molar refractivity (Wildman–Crippen MR) is 193 cm³/mol. The molecular weight excluding hydrogens is 683 g/mol. The molecule has 50 heavy (non-hydrogen) atoms. The van der Waals surface area contributed by atoms with Gasteiger partial charge in [0.05, 0.1) is 11.8 Å². The molecule has 5 saturated heterocycles. The van der Waals surface area contributed by atoms with E-state index in [1.54, 1.807) is 19.7 Å². The maximum absolute atomic E-state index is 14.4. The van der Waals surface area contributed by atoms with Gasteiger partial charge < -0.3 is 24.8 Å². The Bertz CT molecular complexity index is 1610. The fraction of sp³-hybridized carbons (Fsp3) is 0.686. The number of carbonyl (C=O) groups excluding carboxylic acids is 1. The molecule has 7 rings (SSSR count). The van der Waals surface area contributed by atoms with Crippen LogP contribution in [0, 0.1) is 17.2 Å². The van der Waals surface area contributed by atoms with Gasteiger partial charge >= 0.3 is 0 Å². The molecule has 0 saturated carbocycles. The van der Waals surface area contributed by atoms with Crippen LogP contribution in [-0.2, 0) is 10.2 Å². The van der Waals surface area contributed by atoms with Crippen molar-refractivity contribution in [1.29, 1.82) is 0 Å². The lowest BCUT2D eigenvalue weighted by molar-refractivity contribution is -0.0413. The number of piperidine rings is 1. The molecular formula is C35H52ClFN8O4S. The Morgan fingerprint density at radius 2 is 1.68 bits per heavy atom. The number of nitrogens with one attached hydrogen (secondary N) is 1. The quantitative estimate of drug-likeness (QED) is 0.387. The van der Waals surface area contributed by atoms with Gasteiger partial charge in [-0.1, -0.05) is 0 Å². The molecule has 5 aliphatic rings. The van der Waals surface area contributed by atoms with Crippen LogP contribution in [0.1, 0.15) is 70.2 Å². The number of aromatic nitrogens is 2. The highest BCUT2D eigenvalue weighted by Gasteiger charge is 2.48. The summed E-state index contributed by atoms with van der Waals surface area (Å²) < 4.78 is 51.0. The summed E-state index contributed by atoms with van der Waals surface area (Å²) in [6, 6.07) is 4.51. The summed E-state index contributed by atoms with van der Waals surface area (Å²) in [5, 5.41) is 3.53. The first-order valence-corrected chi connectivity index (χ1v) is 19.4. The molecule has 1 amide bonds. The van der Waals surface area contributed by atoms with Crippen molar-refractivity contribution in [3.63, 3.8) is 0 Å². The van der Waals surface area contributed by atoms with E-state index >= 15 is 0 Å². The smallest absolute Gasteiger partial charge is 0.282 e. The number of piperazine rings is 1. The van der Waals surface area contributed by atoms with Gasteiger partial charge in [-0.2, -0.15) is 17.0 Å². The maximum Gasteiger partial charge on any atom is 0.282 e. The summed E-state index contributed by atoms with van der Waals surface area (Å²) in [5.74, 6) is 1.04. The first-order valence-electron chi connectivity index (χ1n) is 18.0. The van der Waals surface area contributed by atoms with E-state index in [4.69, 9.17) is 4.74 Å². The third kappa shape index (κ3) is 7.47. The van der Waals surface area contributed by atoms with Gasteiger partial charge in [-0.25, -0.2) is 14.4 Å². The lowest BCUT2D eigenvalue weighted by atomic mass is 9.72. The SMILES string of the molecule is CC(C)N(C(=O)c1cc(F)ccc1Oc1cncnc1N1CC[C@@H](CN2CC3(CCN(S(=O)(=O)N4CC5CCC(C4)N5)CC3)C2)C1)C(C)C.Cl. The number of carbonyl (C=O) groups is 1. The van der Waals surface area contributed by atoms with Gasteiger partial charge in [0, 0.05) is 83.1 Å². The number of halogens is 2. The fourth-order valence-corrected chi connectivity index (χ4v) is 10.6. The van der Waals surface area contributed by atoms with Crippen molar-refractivity contribution in [2.75, 3.05) is 63.8 Å². The lowest BCUT2D eigenvalue weighted by Crippen LogP contribution is -2.63. The van der Waals surface area contributed by atoms with E-state index in [-0.39, 0.29) is 47.1 Å². The zero-order valence-corrected chi connectivity index (χ0v) is 31.3. The Hall–Kier alpha value is -2.62. The molecule has 15 heteroatoms. The number of ether oxygens (including phenoxy) is 1. The molecule has 6 heterocycles. The molecule has 2 bridgehead atoms. The number of anilines is 1. The molecule has 5 aliphatic heterocycles. The van der Waals surface area contributed by atoms with Crippen molar-refractivity contribution in [3.8, 4) is 11.5 Å². The standard InChI is InChI=1S/C35H51FN8O4S.ClH/c1-24(2)44(25(3)4)34(45)30-15-27(36)5-8-31(30)48-32-16-37-23-38-33(32)41-12-9-26(18-41)17-40-21-35(22-40)10-13-42(14-11-35)49(46,47)43-19-28-6-7-29(20-43)39-28;/h5,8,15-16,23-26,28-29,39H,6-7,9-14,17-22H2,1-4H3;1H/t26-,28?,29?;/m0./s1. The molecule has 2 aromatic rings. The maximum atomic E-state index is 14.4. The van der Waals surface area contributed by atoms with Crippen molar-refractivity contribution in [2.45, 2.75) is 84.0 Å². The molecule has 1 spiro atoms. The summed E-state index contributed by atoms with van der Waals surface area (Å²) in [4.78, 5) is 28.8. The number of hydrogen-bond donors (Lipinski definition) is 1. The number of nitrogens with zero attached hydrogens (tertiary/aromatic N) is 7. The molecule has 2 unspecified atom stereocenters. The van der Waals surface area contributed by atoms with Gasteiger partial charge in [-0.15, -0.1) is 12.4 Å². The van der Waals surface area contributed by atoms with Gasteiger partial charge in [0.15, 0.2) is 11.6 Å². The number of likely N-dealkylation sites (tertiary alicyclic amines) is 1. The topological polar surface area (TPSA) is 114 Å². The second-order valence-electron chi connectivity index (χ2n) is 15.5. The van der Waals surface area contributed by atoms with Gasteiger partial charge in [-0.05, 0) is 89.3 Å². The van der Waals surface area contributed by atoms with Crippen molar-refractivity contribution >= 4 is 34.3 Å². The molecule has 1 aromatic heterocycles. The summed E-state index contributed by atoms with van der Waals surface area (Å²) in [6.07, 6.45) is 8.09. The van der Waals surface area contributed by atoms with E-state index in [0.717, 1.165) is 64.8 Å². The van der Waals surface area contributed by atoms with Gasteiger partial charge in [0.2, 0.25) is 0 Å². The van der Waals surface area contributed by atoms with Gasteiger partial charge in [-0.3, -0.25) is 4.79 Å². The van der Waals surface area contributed by atoms with Crippen LogP contribution in [0.5, 0.6) is 11.5 Å². The number of rotatable bonds is 10. The Labute approximate surface area is 302 Å². The fourth-order valence-electron chi connectivity index (χ4n) is 8.89. The van der Waals surface area contributed by atoms with E-state index in [2.05, 4.69) is 25.1 Å². The number of amides is 1. The summed E-state index contributed by atoms with van der Waals surface area (Å²) >= 11 is 0. The summed E-state index contributed by atoms with van der Waals surface area (Å²) in [6.45, 7) is 14.8. The normalized spacial score (nSPS) is 25.6. The Balaban J connectivity index is 0.00000432. The lowest BCUT2D eigenvalue weighted by Gasteiger charge is -2.54. The van der Waals surface area contributed by atoms with Crippen LogP contribution in [0.25, 0.3) is 0 Å². The molecule has 5 fully saturated rings. The molecule has 1 N–H and O–H groups in total. The minimum absolute atomic E-state index is 0. The predicted octanol–water partition coefficient (Wildman–Crippen LogP) is 3.99. The zero-order valence-electron chi connectivity index (χ0n) is 29.6. The number of hydrogen-bond acceptors (Lipinski definition) is 9. The van der Waals surface area contributed by atoms with E-state index in [1.807, 2.05) is 27.7 Å². The molecule has 0 aliphatic carbocycles. The van der Waals surface area contributed by atoms with Crippen molar-refractivity contribution < 1.29 is 22.3 Å². The Morgan fingerprint density at radius 3 is 2.34 bits per heavy atom. The average molecular weight is 735 g/mol. The zero-order chi connectivity index (χ0) is 34.5. The van der Waals surface area contributed by atoms with E-state index < -0.39 is 16.0 Å². The highest BCUT2D eigenvalue weighted by Crippen LogP contribution is 2.43. The third-order valence-electron chi connectivity index (χ3n) is 11.2. The Morgan fingerprint density at radius 1 is 1.00 bits per heavy atom. The molecule has 12 nitrogen and oxygen atoms in total. The molecule has 0 radical (unpaired) electrons. The highest BCUT2D eigenvalue weighted by molar-refractivity contribution is 7.86. The average Bonchev–Trinajstić information content (AvgIpc) is 3.66. The van der Waals surface area contributed by atoms with Crippen molar-refractivity contribution in [2.24, 2.45) is 11.3 Å². The molecule has 276 valence electrons. The largest absolute Gasteiger partial charge is 0.451 e. The number of benzene rings is 1. The molecule has 1 aromatic carbocycles. The first kappa shape index (κ1) is 37.1. The minimum atomic E-state index is -3.40. The van der Waals surface area contributed by atoms with E-state index in [1.165, 1.54) is 24.5 Å². The van der Waals surface area contributed by atoms with Gasteiger partial charge in [0.1, 0.15) is 17.9 Å². The van der Waals surface area contributed by atoms with Crippen LogP contribution in [0.3, 0.4) is 0 Å². The first-order chi connectivity index (χ1) is 23.4. The van der Waals surface area contributed by atoms with Crippen LogP contribution >= 0.6 is 12.4 Å². The minimum Gasteiger partial charge on any atom is -0.451 e. The van der Waals surface area contributed by atoms with E-state index in [9.17, 15) is 17.6 Å². The van der Waals surface area contributed by atoms with Crippen LogP contribution < -0.4 is 15.0 Å². The summed E-state index contributed by atoms with van der Waals surface area (Å²) in [7, 11) is -3.40. The summed E-state index contributed by atoms with van der Waals surface area (Å²) in [5.41, 5.74) is 0.383. The highest BCUT2D eigenvalue weighted by atomic mass is 35.5. The van der Waals surface area contributed by atoms with Crippen LogP contribution in [-0.4, -0.2) is 126 Å². The van der Waals surface area contributed by atoms with Gasteiger partial charge in [0.25, 0.3) is 16.1 Å².